The number of hydrogen-bond donors (Lipinski definition) is 0. The molecule has 0 aliphatic rings. The molecule has 0 heterocycles. The van der Waals surface area contributed by atoms with Crippen LogP contribution in [0.5, 0.6) is 0 Å². The molecule has 0 saturated carbocycles. The van der Waals surface area contributed by atoms with E-state index in [-0.39, 0.29) is 0 Å². The molecule has 0 amide bonds. The first-order valence-electron chi connectivity index (χ1n) is 8.59. The predicted molar refractivity (Wildman–Crippen MR) is 92.8 cm³/mol. The molecule has 0 bridgehead atoms. The summed E-state index contributed by atoms with van der Waals surface area (Å²) in [6.45, 7) is 6.97. The van der Waals surface area contributed by atoms with Crippen LogP contribution in [0.25, 0.3) is 0 Å². The minimum absolute atomic E-state index is 1.23. The number of unbranched alkanes of at least 4 members (excludes halogenated alkanes) is 4. The van der Waals surface area contributed by atoms with Gasteiger partial charge in [-0.05, 0) is 0 Å². The fourth-order valence-corrected chi connectivity index (χ4v) is 9.66. The summed E-state index contributed by atoms with van der Waals surface area (Å²) >= 11 is 0. The van der Waals surface area contributed by atoms with Crippen molar-refractivity contribution in [1.29, 1.82) is 0 Å². The second-order valence-electron chi connectivity index (χ2n) is 6.49. The maximum atomic E-state index is 12.2. The van der Waals surface area contributed by atoms with Crippen molar-refractivity contribution in [3.05, 3.63) is 0 Å². The fraction of sp³-hybridized carbons (Fsp3) is 0.941. The molecule has 0 atom stereocenters. The predicted octanol–water partition coefficient (Wildman–Crippen LogP) is 5.93. The molecular weight excluding hydrogens is 251 g/mol. The van der Waals surface area contributed by atoms with Gasteiger partial charge in [0.05, 0.1) is 0 Å². The topological polar surface area (TPSA) is 17.1 Å². The zero-order chi connectivity index (χ0) is 14.6. The van der Waals surface area contributed by atoms with Gasteiger partial charge in [-0.2, -0.15) is 0 Å². The zero-order valence-electron chi connectivity index (χ0n) is 13.9. The van der Waals surface area contributed by atoms with Crippen LogP contribution in [-0.2, 0) is 4.79 Å². The Labute approximate surface area is 121 Å². The van der Waals surface area contributed by atoms with Crippen LogP contribution in [0.1, 0.15) is 79.1 Å². The van der Waals surface area contributed by atoms with E-state index in [9.17, 15) is 4.79 Å². The van der Waals surface area contributed by atoms with E-state index in [1.807, 2.05) is 0 Å². The second kappa shape index (κ2) is 9.92. The van der Waals surface area contributed by atoms with Crippen molar-refractivity contribution in [2.45, 2.75) is 79.1 Å². The Morgan fingerprint density at radius 1 is 0.632 bits per heavy atom. The van der Waals surface area contributed by atoms with E-state index >= 15 is 0 Å². The summed E-state index contributed by atoms with van der Waals surface area (Å²) in [5, 5.41) is 0. The van der Waals surface area contributed by atoms with Crippen LogP contribution in [0.3, 0.4) is 0 Å². The summed E-state index contributed by atoms with van der Waals surface area (Å²) in [4.78, 5) is 12.2. The van der Waals surface area contributed by atoms with E-state index in [2.05, 4.69) is 27.7 Å². The number of carbonyl (C=O) groups is 1. The molecule has 0 aliphatic carbocycles. The quantitative estimate of drug-likeness (QED) is 0.303. The van der Waals surface area contributed by atoms with Crippen LogP contribution in [0.2, 0.25) is 0 Å². The second-order valence-corrected chi connectivity index (χ2v) is 12.6. The van der Waals surface area contributed by atoms with Gasteiger partial charge in [-0.25, -0.2) is 0 Å². The molecule has 0 aromatic rings. The van der Waals surface area contributed by atoms with Gasteiger partial charge in [0.25, 0.3) is 0 Å². The first kappa shape index (κ1) is 19.1. The average Bonchev–Trinajstić information content (AvgIpc) is 2.47. The van der Waals surface area contributed by atoms with E-state index < -0.39 is 6.60 Å². The standard InChI is InChI=1S/C17H37OP/c1-5-9-13-19(17-18,14-10-6-2,15-11-7-3)16-12-8-4/h17H,5-16H2,1-4H3. The van der Waals surface area contributed by atoms with Gasteiger partial charge in [0.15, 0.2) is 0 Å². The molecule has 0 radical (unpaired) electrons. The SMILES string of the molecule is CCCCP(C=O)(CCCC)(CCCC)CCCC. The Morgan fingerprint density at radius 3 is 1.05 bits per heavy atom. The molecule has 116 valence electrons. The summed E-state index contributed by atoms with van der Waals surface area (Å²) < 4.78 is 0. The summed E-state index contributed by atoms with van der Waals surface area (Å²) in [5.41, 5.74) is 0. The molecule has 0 aromatic heterocycles. The Hall–Kier alpha value is 0.100. The number of rotatable bonds is 13. The Kier molecular flexibility index (Phi) is 9.97. The van der Waals surface area contributed by atoms with Crippen molar-refractivity contribution in [3.63, 3.8) is 0 Å². The average molecular weight is 288 g/mol. The monoisotopic (exact) mass is 288 g/mol. The van der Waals surface area contributed by atoms with Crippen LogP contribution < -0.4 is 0 Å². The molecule has 0 N–H and O–H groups in total. The summed E-state index contributed by atoms with van der Waals surface area (Å²) in [6, 6.07) is 1.52. The third-order valence-corrected chi connectivity index (χ3v) is 11.4. The van der Waals surface area contributed by atoms with Gasteiger partial charge in [-0.3, -0.25) is 0 Å². The van der Waals surface area contributed by atoms with Crippen LogP contribution in [0.4, 0.5) is 0 Å². The van der Waals surface area contributed by atoms with E-state index in [1.165, 1.54) is 82.0 Å². The molecule has 19 heavy (non-hydrogen) atoms. The van der Waals surface area contributed by atoms with Crippen LogP contribution in [-0.4, -0.2) is 30.7 Å². The molecular formula is C17H37OP. The Balaban J connectivity index is 5.15. The molecule has 0 saturated heterocycles. The molecule has 0 aliphatic heterocycles. The molecule has 2 heteroatoms. The van der Waals surface area contributed by atoms with Crippen molar-refractivity contribution in [1.82, 2.24) is 0 Å². The van der Waals surface area contributed by atoms with Gasteiger partial charge in [0, 0.05) is 0 Å². The van der Waals surface area contributed by atoms with Gasteiger partial charge in [0.2, 0.25) is 0 Å². The first-order valence-corrected chi connectivity index (χ1v) is 11.6. The van der Waals surface area contributed by atoms with Crippen molar-refractivity contribution >= 4 is 12.6 Å². The van der Waals surface area contributed by atoms with Gasteiger partial charge in [0.1, 0.15) is 0 Å². The molecule has 0 aromatic carbocycles. The van der Waals surface area contributed by atoms with E-state index in [0.717, 1.165) is 0 Å². The molecule has 1 nitrogen and oxygen atoms in total. The summed E-state index contributed by atoms with van der Waals surface area (Å²) in [5.74, 6) is 0. The Bertz CT molecular complexity index is 194. The third-order valence-electron chi connectivity index (χ3n) is 4.76. The summed E-state index contributed by atoms with van der Waals surface area (Å²) in [6.07, 6.45) is 14.9. The van der Waals surface area contributed by atoms with Crippen LogP contribution >= 0.6 is 6.60 Å². The maximum absolute atomic E-state index is 12.2. The van der Waals surface area contributed by atoms with Gasteiger partial charge >= 0.3 is 121 Å². The number of carbonyl (C=O) groups excluding carboxylic acids is 1. The summed E-state index contributed by atoms with van der Waals surface area (Å²) in [7, 11) is 0. The van der Waals surface area contributed by atoms with E-state index in [4.69, 9.17) is 0 Å². The molecule has 0 spiro atoms. The normalized spacial score (nSPS) is 14.0. The van der Waals surface area contributed by atoms with Crippen molar-refractivity contribution in [2.24, 2.45) is 0 Å². The van der Waals surface area contributed by atoms with Crippen molar-refractivity contribution < 1.29 is 4.79 Å². The van der Waals surface area contributed by atoms with Gasteiger partial charge in [-0.15, -0.1) is 0 Å². The molecule has 0 rings (SSSR count). The van der Waals surface area contributed by atoms with Crippen LogP contribution in [0, 0.1) is 0 Å². The van der Waals surface area contributed by atoms with E-state index in [1.54, 1.807) is 0 Å². The molecule has 0 unspecified atom stereocenters. The van der Waals surface area contributed by atoms with Gasteiger partial charge in [-0.1, -0.05) is 0 Å². The van der Waals surface area contributed by atoms with Crippen molar-refractivity contribution in [3.8, 4) is 0 Å². The van der Waals surface area contributed by atoms with E-state index in [0.29, 0.717) is 0 Å². The first-order chi connectivity index (χ1) is 9.12. The minimum atomic E-state index is -2.07. The number of hydrogen-bond acceptors (Lipinski definition) is 1. The van der Waals surface area contributed by atoms with Crippen molar-refractivity contribution in [2.75, 3.05) is 24.6 Å². The van der Waals surface area contributed by atoms with Gasteiger partial charge < -0.3 is 0 Å². The third kappa shape index (κ3) is 5.94. The fourth-order valence-electron chi connectivity index (χ4n) is 3.22. The zero-order valence-corrected chi connectivity index (χ0v) is 14.8. The Morgan fingerprint density at radius 2 is 0.895 bits per heavy atom. The molecule has 0 fully saturated rings. The van der Waals surface area contributed by atoms with Crippen LogP contribution in [0.15, 0.2) is 0 Å².